The van der Waals surface area contributed by atoms with E-state index < -0.39 is 18.1 Å². The van der Waals surface area contributed by atoms with Crippen LogP contribution in [0.3, 0.4) is 0 Å². The number of hydrogen-bond acceptors (Lipinski definition) is 10. The van der Waals surface area contributed by atoms with E-state index in [9.17, 15) is 9.59 Å². The summed E-state index contributed by atoms with van der Waals surface area (Å²) in [6.07, 6.45) is 4.48. The topological polar surface area (TPSA) is 99.2 Å². The predicted octanol–water partition coefficient (Wildman–Crippen LogP) is 7.32. The molecule has 0 radical (unpaired) electrons. The lowest BCUT2D eigenvalue weighted by atomic mass is 9.98. The lowest BCUT2D eigenvalue weighted by Gasteiger charge is -2.29. The van der Waals surface area contributed by atoms with E-state index in [0.29, 0.717) is 56.6 Å². The number of nitrogens with zero attached hydrogens (tertiary/aromatic N) is 2. The molecule has 1 aliphatic heterocycles. The number of halogens is 2. The van der Waals surface area contributed by atoms with Crippen LogP contribution < -0.4 is 14.8 Å². The molecule has 4 aromatic rings. The molecule has 1 fully saturated rings. The van der Waals surface area contributed by atoms with Crippen molar-refractivity contribution >= 4 is 46.5 Å². The van der Waals surface area contributed by atoms with Crippen LogP contribution in [-0.4, -0.2) is 62.8 Å². The molecule has 9 nitrogen and oxygen atoms in total. The first-order valence-corrected chi connectivity index (χ1v) is 17.3. The van der Waals surface area contributed by atoms with Gasteiger partial charge in [0.25, 0.3) is 0 Å². The number of rotatable bonds is 14. The molecule has 2 unspecified atom stereocenters. The Morgan fingerprint density at radius 3 is 2.35 bits per heavy atom. The lowest BCUT2D eigenvalue weighted by molar-refractivity contribution is -0.148. The minimum absolute atomic E-state index is 0.208. The second-order valence-electron chi connectivity index (χ2n) is 11.7. The second-order valence-corrected chi connectivity index (χ2v) is 13.6. The maximum atomic E-state index is 13.6. The first kappa shape index (κ1) is 35.6. The number of hydrogen-bond donors (Lipinski definition) is 1. The number of thiophene rings is 1. The smallest absolute Gasteiger partial charge is 0.348 e. The molecule has 12 heteroatoms. The third-order valence-electron chi connectivity index (χ3n) is 8.38. The van der Waals surface area contributed by atoms with Gasteiger partial charge in [-0.2, -0.15) is 0 Å². The van der Waals surface area contributed by atoms with Crippen molar-refractivity contribution < 1.29 is 28.5 Å². The van der Waals surface area contributed by atoms with Crippen molar-refractivity contribution in [3.05, 3.63) is 110 Å². The fourth-order valence-corrected chi connectivity index (χ4v) is 6.93. The molecule has 0 aliphatic carbocycles. The highest BCUT2D eigenvalue weighted by atomic mass is 35.5. The van der Waals surface area contributed by atoms with Crippen LogP contribution in [0.2, 0.25) is 10.0 Å². The minimum Gasteiger partial charge on any atom is -0.493 e. The molecular weight excluding hydrogens is 673 g/mol. The third-order valence-corrected chi connectivity index (χ3v) is 10.1. The molecular formula is C36H39Cl2N3O6S. The van der Waals surface area contributed by atoms with Crippen LogP contribution >= 0.6 is 34.5 Å². The van der Waals surface area contributed by atoms with E-state index >= 15 is 0 Å². The Kier molecular flexibility index (Phi) is 12.7. The molecule has 0 amide bonds. The molecule has 0 bridgehead atoms. The van der Waals surface area contributed by atoms with Gasteiger partial charge < -0.3 is 23.8 Å². The van der Waals surface area contributed by atoms with Crippen molar-refractivity contribution in [3.8, 4) is 11.5 Å². The number of benzene rings is 2. The number of pyridine rings is 1. The highest BCUT2D eigenvalue weighted by Gasteiger charge is 2.26. The van der Waals surface area contributed by atoms with Gasteiger partial charge in [0, 0.05) is 30.2 Å². The van der Waals surface area contributed by atoms with Crippen LogP contribution in [0.5, 0.6) is 11.5 Å². The maximum Gasteiger partial charge on any atom is 0.348 e. The van der Waals surface area contributed by atoms with E-state index in [2.05, 4.69) is 22.2 Å². The molecule has 48 heavy (non-hydrogen) atoms. The summed E-state index contributed by atoms with van der Waals surface area (Å²) in [7, 11) is 5.20. The maximum absolute atomic E-state index is 13.6. The number of aromatic nitrogens is 1. The zero-order valence-corrected chi connectivity index (χ0v) is 29.4. The van der Waals surface area contributed by atoms with Crippen LogP contribution in [0, 0.1) is 5.92 Å². The summed E-state index contributed by atoms with van der Waals surface area (Å²) in [5, 5.41) is 4.08. The quantitative estimate of drug-likeness (QED) is 0.135. The van der Waals surface area contributed by atoms with Crippen molar-refractivity contribution in [1.29, 1.82) is 0 Å². The standard InChI is InChI=1S/C36H39Cl2N3O6S/c1-41-15-13-23(14-16-41)22-46-36(43)34(24-7-5-4-6-8-24)40-19-26-10-12-33(48-26)35(42)47-31(18-27-28(37)20-39-21-29(27)38)25-9-11-30(44-2)32(17-25)45-3/h4-12,17,20-21,23,31,34,40H,13-16,18-19,22H2,1-3H3. The summed E-state index contributed by atoms with van der Waals surface area (Å²) in [4.78, 5) is 34.5. The van der Waals surface area contributed by atoms with E-state index in [0.717, 1.165) is 36.4 Å². The first-order chi connectivity index (χ1) is 23.2. The normalized spacial score (nSPS) is 15.0. The molecule has 1 aliphatic rings. The van der Waals surface area contributed by atoms with Gasteiger partial charge in [0.2, 0.25) is 0 Å². The molecule has 2 aromatic carbocycles. The molecule has 0 saturated carbocycles. The summed E-state index contributed by atoms with van der Waals surface area (Å²) < 4.78 is 22.8. The molecule has 2 atom stereocenters. The van der Waals surface area contributed by atoms with Gasteiger partial charge in [0.1, 0.15) is 17.0 Å². The number of piperidine rings is 1. The van der Waals surface area contributed by atoms with Crippen LogP contribution in [0.25, 0.3) is 0 Å². The average molecular weight is 713 g/mol. The van der Waals surface area contributed by atoms with Gasteiger partial charge in [-0.15, -0.1) is 11.3 Å². The predicted molar refractivity (Wildman–Crippen MR) is 187 cm³/mol. The van der Waals surface area contributed by atoms with E-state index in [1.165, 1.54) is 30.8 Å². The fraction of sp³-hybridized carbons (Fsp3) is 0.361. The van der Waals surface area contributed by atoms with Crippen molar-refractivity contribution in [2.24, 2.45) is 5.92 Å². The summed E-state index contributed by atoms with van der Waals surface area (Å²) in [5.74, 6) is 0.569. The van der Waals surface area contributed by atoms with Gasteiger partial charge >= 0.3 is 11.9 Å². The van der Waals surface area contributed by atoms with Crippen LogP contribution in [0.4, 0.5) is 0 Å². The number of esters is 2. The monoisotopic (exact) mass is 711 g/mol. The largest absolute Gasteiger partial charge is 0.493 e. The summed E-state index contributed by atoms with van der Waals surface area (Å²) in [6.45, 7) is 2.77. The highest BCUT2D eigenvalue weighted by Crippen LogP contribution is 2.36. The Bertz CT molecular complexity index is 1660. The molecule has 1 N–H and O–H groups in total. The zero-order valence-electron chi connectivity index (χ0n) is 27.1. The van der Waals surface area contributed by atoms with Crippen LogP contribution in [0.1, 0.15) is 56.2 Å². The first-order valence-electron chi connectivity index (χ1n) is 15.7. The Morgan fingerprint density at radius 1 is 0.958 bits per heavy atom. The van der Waals surface area contributed by atoms with Gasteiger partial charge in [-0.25, -0.2) is 9.59 Å². The van der Waals surface area contributed by atoms with E-state index in [1.807, 2.05) is 42.5 Å². The fourth-order valence-electron chi connectivity index (χ4n) is 5.57. The number of likely N-dealkylation sites (tertiary alicyclic amines) is 1. The van der Waals surface area contributed by atoms with Gasteiger partial charge in [0.15, 0.2) is 11.5 Å². The van der Waals surface area contributed by atoms with Gasteiger partial charge in [-0.1, -0.05) is 59.6 Å². The number of nitrogens with one attached hydrogen (secondary N) is 1. The molecule has 5 rings (SSSR count). The number of carbonyl (C=O) groups is 2. The van der Waals surface area contributed by atoms with Crippen molar-refractivity contribution in [2.75, 3.05) is 41.0 Å². The summed E-state index contributed by atoms with van der Waals surface area (Å²) in [6, 6.07) is 17.8. The van der Waals surface area contributed by atoms with E-state index in [-0.39, 0.29) is 12.4 Å². The Labute approximate surface area is 295 Å². The molecule has 1 saturated heterocycles. The summed E-state index contributed by atoms with van der Waals surface area (Å²) in [5.41, 5.74) is 2.09. The molecule has 254 valence electrons. The molecule has 0 spiro atoms. The van der Waals surface area contributed by atoms with E-state index in [1.54, 1.807) is 25.3 Å². The van der Waals surface area contributed by atoms with Gasteiger partial charge in [0.05, 0.1) is 30.9 Å². The van der Waals surface area contributed by atoms with Crippen LogP contribution in [-0.2, 0) is 27.2 Å². The minimum atomic E-state index is -0.750. The van der Waals surface area contributed by atoms with Crippen LogP contribution in [0.15, 0.2) is 73.1 Å². The molecule has 3 heterocycles. The lowest BCUT2D eigenvalue weighted by Crippen LogP contribution is -2.34. The van der Waals surface area contributed by atoms with Gasteiger partial charge in [-0.3, -0.25) is 10.3 Å². The number of methoxy groups -OCH3 is 2. The summed E-state index contributed by atoms with van der Waals surface area (Å²) >= 11 is 14.2. The van der Waals surface area contributed by atoms with E-state index in [4.69, 9.17) is 42.1 Å². The average Bonchev–Trinajstić information content (AvgIpc) is 3.58. The second kappa shape index (κ2) is 17.1. The third kappa shape index (κ3) is 9.27. The Balaban J connectivity index is 1.28. The SMILES string of the molecule is COc1ccc(C(Cc2c(Cl)cncc2Cl)OC(=O)c2ccc(CNC(C(=O)OCC3CCN(C)CC3)c3ccccc3)s2)cc1OC. The number of carbonyl (C=O) groups excluding carboxylic acids is 2. The Hall–Kier alpha value is -3.67. The zero-order chi connectivity index (χ0) is 34.0. The van der Waals surface area contributed by atoms with Crippen molar-refractivity contribution in [2.45, 2.75) is 38.0 Å². The van der Waals surface area contributed by atoms with Crippen molar-refractivity contribution in [1.82, 2.24) is 15.2 Å². The van der Waals surface area contributed by atoms with Crippen molar-refractivity contribution in [3.63, 3.8) is 0 Å². The number of ether oxygens (including phenoxy) is 4. The van der Waals surface area contributed by atoms with Gasteiger partial charge in [-0.05, 0) is 79.9 Å². The highest BCUT2D eigenvalue weighted by molar-refractivity contribution is 7.13. The Morgan fingerprint density at radius 2 is 1.67 bits per heavy atom. The molecule has 2 aromatic heterocycles.